The van der Waals surface area contributed by atoms with Crippen molar-refractivity contribution < 1.29 is 14.3 Å². The summed E-state index contributed by atoms with van der Waals surface area (Å²) in [5.41, 5.74) is 5.05. The average Bonchev–Trinajstić information content (AvgIpc) is 2.86. The van der Waals surface area contributed by atoms with Crippen LogP contribution in [0, 0.1) is 0 Å². The first kappa shape index (κ1) is 24.3. The van der Waals surface area contributed by atoms with Crippen LogP contribution in [0.1, 0.15) is 51.3 Å². The third kappa shape index (κ3) is 5.80. The summed E-state index contributed by atoms with van der Waals surface area (Å²) in [6.45, 7) is 4.86. The lowest BCUT2D eigenvalue weighted by Gasteiger charge is -2.35. The third-order valence-electron chi connectivity index (χ3n) is 6.33. The number of nitrogens with one attached hydrogen (secondary N) is 1. The lowest BCUT2D eigenvalue weighted by atomic mass is 9.85. The van der Waals surface area contributed by atoms with E-state index in [1.54, 1.807) is 49.4 Å². The van der Waals surface area contributed by atoms with Crippen LogP contribution in [-0.4, -0.2) is 42.8 Å². The van der Waals surface area contributed by atoms with E-state index in [1.807, 2.05) is 30.3 Å². The van der Waals surface area contributed by atoms with Gasteiger partial charge in [0.2, 0.25) is 0 Å². The molecule has 0 atom stereocenters. The quantitative estimate of drug-likeness (QED) is 0.385. The number of ether oxygens (including phenoxy) is 1. The number of allylic oxidation sites excluding steroid dienone is 1. The zero-order chi connectivity index (χ0) is 25.0. The van der Waals surface area contributed by atoms with Crippen LogP contribution in [0.3, 0.4) is 0 Å². The number of methoxy groups -OCH3 is 1. The van der Waals surface area contributed by atoms with E-state index in [4.69, 9.17) is 4.74 Å². The lowest BCUT2D eigenvalue weighted by molar-refractivity contribution is 0.0796. The lowest BCUT2D eigenvalue weighted by Crippen LogP contribution is -2.43. The smallest absolute Gasteiger partial charge is 0.253 e. The number of fused-ring (bicyclic) bond motifs is 1. The van der Waals surface area contributed by atoms with E-state index in [0.29, 0.717) is 17.7 Å². The predicted molar refractivity (Wildman–Crippen MR) is 140 cm³/mol. The van der Waals surface area contributed by atoms with Gasteiger partial charge >= 0.3 is 0 Å². The molecule has 180 valence electrons. The van der Waals surface area contributed by atoms with Crippen LogP contribution >= 0.6 is 0 Å². The van der Waals surface area contributed by atoms with Gasteiger partial charge in [-0.1, -0.05) is 48.5 Å². The van der Waals surface area contributed by atoms with Crippen molar-refractivity contribution in [3.05, 3.63) is 107 Å². The molecule has 0 fully saturated rings. The molecule has 1 N–H and O–H groups in total. The number of amides is 1. The van der Waals surface area contributed by atoms with E-state index in [9.17, 15) is 9.59 Å². The first-order valence-electron chi connectivity index (χ1n) is 11.9. The van der Waals surface area contributed by atoms with Gasteiger partial charge in [0.1, 0.15) is 5.75 Å². The molecule has 1 heterocycles. The van der Waals surface area contributed by atoms with Crippen LogP contribution in [-0.2, 0) is 12.8 Å². The van der Waals surface area contributed by atoms with Gasteiger partial charge < -0.3 is 15.0 Å². The topological polar surface area (TPSA) is 58.6 Å². The fourth-order valence-corrected chi connectivity index (χ4v) is 4.41. The zero-order valence-electron chi connectivity index (χ0n) is 20.8. The maximum absolute atomic E-state index is 13.1. The van der Waals surface area contributed by atoms with Gasteiger partial charge in [0.05, 0.1) is 7.11 Å². The van der Waals surface area contributed by atoms with Crippen molar-refractivity contribution in [2.45, 2.75) is 32.2 Å². The third-order valence-corrected chi connectivity index (χ3v) is 6.33. The van der Waals surface area contributed by atoms with Crippen LogP contribution in [0.15, 0.2) is 78.9 Å². The molecule has 4 rings (SSSR count). The van der Waals surface area contributed by atoms with Crippen molar-refractivity contribution in [1.29, 1.82) is 0 Å². The Labute approximate surface area is 207 Å². The van der Waals surface area contributed by atoms with E-state index in [1.165, 1.54) is 11.1 Å². The minimum atomic E-state index is -0.172. The monoisotopic (exact) mass is 468 g/mol. The molecule has 0 saturated heterocycles. The second-order valence-electron chi connectivity index (χ2n) is 9.67. The number of hydrogen-bond donors (Lipinski definition) is 1. The van der Waals surface area contributed by atoms with Crippen molar-refractivity contribution in [3.8, 4) is 5.75 Å². The van der Waals surface area contributed by atoms with Gasteiger partial charge in [-0.3, -0.25) is 9.59 Å². The van der Waals surface area contributed by atoms with Gasteiger partial charge in [-0.15, -0.1) is 0 Å². The van der Waals surface area contributed by atoms with Crippen molar-refractivity contribution in [2.24, 2.45) is 0 Å². The maximum atomic E-state index is 13.1. The first-order valence-corrected chi connectivity index (χ1v) is 11.9. The number of carbonyl (C=O) groups excluding carboxylic acids is 2. The standard InChI is InChI=1S/C30H32N2O3/c1-30(2)20-24-14-15-25(35-4)18-26(24)27(31-30)19-28(33)22-10-12-23(13-11-22)29(34)32(3)17-16-21-8-6-5-7-9-21/h5-15,18-19,31H,16-17,20H2,1-4H3. The van der Waals surface area contributed by atoms with Gasteiger partial charge in [-0.05, 0) is 62.1 Å². The van der Waals surface area contributed by atoms with Crippen molar-refractivity contribution in [3.63, 3.8) is 0 Å². The number of hydrogen-bond acceptors (Lipinski definition) is 4. The molecule has 1 aliphatic rings. The average molecular weight is 469 g/mol. The molecular weight excluding hydrogens is 436 g/mol. The molecule has 0 radical (unpaired) electrons. The maximum Gasteiger partial charge on any atom is 0.253 e. The summed E-state index contributed by atoms with van der Waals surface area (Å²) in [5, 5.41) is 3.50. The molecule has 0 unspecified atom stereocenters. The number of carbonyl (C=O) groups is 2. The van der Waals surface area contributed by atoms with Crippen molar-refractivity contribution >= 4 is 17.4 Å². The normalized spacial score (nSPS) is 15.1. The summed E-state index contributed by atoms with van der Waals surface area (Å²) in [5.74, 6) is 0.577. The zero-order valence-corrected chi connectivity index (χ0v) is 20.8. The summed E-state index contributed by atoms with van der Waals surface area (Å²) in [4.78, 5) is 27.7. The first-order chi connectivity index (χ1) is 16.8. The molecule has 0 aromatic heterocycles. The molecule has 1 aliphatic heterocycles. The van der Waals surface area contributed by atoms with E-state index >= 15 is 0 Å². The highest BCUT2D eigenvalue weighted by molar-refractivity contribution is 6.09. The summed E-state index contributed by atoms with van der Waals surface area (Å²) in [7, 11) is 3.44. The second kappa shape index (κ2) is 10.2. The van der Waals surface area contributed by atoms with E-state index in [2.05, 4.69) is 37.4 Å². The van der Waals surface area contributed by atoms with Gasteiger partial charge in [0.15, 0.2) is 5.78 Å². The fraction of sp³-hybridized carbons (Fsp3) is 0.267. The largest absolute Gasteiger partial charge is 0.497 e. The Kier molecular flexibility index (Phi) is 7.06. The van der Waals surface area contributed by atoms with Crippen LogP contribution in [0.25, 0.3) is 5.70 Å². The molecule has 0 aliphatic carbocycles. The van der Waals surface area contributed by atoms with Crippen LogP contribution in [0.2, 0.25) is 0 Å². The molecule has 35 heavy (non-hydrogen) atoms. The Hall–Kier alpha value is -3.86. The Bertz CT molecular complexity index is 1240. The minimum absolute atomic E-state index is 0.0602. The summed E-state index contributed by atoms with van der Waals surface area (Å²) >= 11 is 0. The number of ketones is 1. The number of nitrogens with zero attached hydrogens (tertiary/aromatic N) is 1. The molecule has 0 saturated carbocycles. The van der Waals surface area contributed by atoms with E-state index in [0.717, 1.165) is 29.9 Å². The Morgan fingerprint density at radius 3 is 2.37 bits per heavy atom. The second-order valence-corrected chi connectivity index (χ2v) is 9.67. The highest BCUT2D eigenvalue weighted by Gasteiger charge is 2.28. The molecule has 3 aromatic carbocycles. The molecule has 5 heteroatoms. The molecule has 1 amide bonds. The Morgan fingerprint density at radius 1 is 1.00 bits per heavy atom. The summed E-state index contributed by atoms with van der Waals surface area (Å²) in [6, 6.07) is 23.0. The summed E-state index contributed by atoms with van der Waals surface area (Å²) in [6.07, 6.45) is 3.29. The van der Waals surface area contributed by atoms with Crippen LogP contribution in [0.4, 0.5) is 0 Å². The van der Waals surface area contributed by atoms with Gasteiger partial charge in [0, 0.05) is 47.6 Å². The van der Waals surface area contributed by atoms with Gasteiger partial charge in [-0.25, -0.2) is 0 Å². The van der Waals surface area contributed by atoms with E-state index < -0.39 is 0 Å². The molecular formula is C30H32N2O3. The van der Waals surface area contributed by atoms with Gasteiger partial charge in [0.25, 0.3) is 5.91 Å². The SMILES string of the molecule is COc1ccc2c(c1)C(=CC(=O)c1ccc(C(=O)N(C)CCc3ccccc3)cc1)NC(C)(C)C2. The van der Waals surface area contributed by atoms with Crippen molar-refractivity contribution in [2.75, 3.05) is 20.7 Å². The predicted octanol–water partition coefficient (Wildman–Crippen LogP) is 5.16. The van der Waals surface area contributed by atoms with Crippen LogP contribution < -0.4 is 10.1 Å². The van der Waals surface area contributed by atoms with Crippen LogP contribution in [0.5, 0.6) is 5.75 Å². The minimum Gasteiger partial charge on any atom is -0.497 e. The molecule has 5 nitrogen and oxygen atoms in total. The Balaban J connectivity index is 1.48. The summed E-state index contributed by atoms with van der Waals surface area (Å²) < 4.78 is 5.39. The molecule has 0 bridgehead atoms. The number of benzene rings is 3. The van der Waals surface area contributed by atoms with Gasteiger partial charge in [-0.2, -0.15) is 0 Å². The van der Waals surface area contributed by atoms with Crippen molar-refractivity contribution in [1.82, 2.24) is 10.2 Å². The number of rotatable bonds is 7. The highest BCUT2D eigenvalue weighted by atomic mass is 16.5. The molecule has 3 aromatic rings. The van der Waals surface area contributed by atoms with E-state index in [-0.39, 0.29) is 17.2 Å². The molecule has 0 spiro atoms. The highest BCUT2D eigenvalue weighted by Crippen LogP contribution is 2.32. The fourth-order valence-electron chi connectivity index (χ4n) is 4.41. The Morgan fingerprint density at radius 2 is 1.69 bits per heavy atom. The number of likely N-dealkylation sites (N-methyl/N-ethyl adjacent to an activating group) is 1.